The van der Waals surface area contributed by atoms with Crippen molar-refractivity contribution in [2.45, 2.75) is 24.9 Å². The molecule has 2 atom stereocenters. The van der Waals surface area contributed by atoms with Gasteiger partial charge in [0.25, 0.3) is 0 Å². The van der Waals surface area contributed by atoms with Gasteiger partial charge in [0.05, 0.1) is 6.04 Å². The van der Waals surface area contributed by atoms with Gasteiger partial charge in [-0.25, -0.2) is 0 Å². The second-order valence-electron chi connectivity index (χ2n) is 5.47. The number of nitrogens with one attached hydrogen (secondary N) is 1. The molecule has 116 valence electrons. The van der Waals surface area contributed by atoms with Crippen LogP contribution in [-0.2, 0) is 9.59 Å². The number of aliphatic carboxylic acids is 1. The molecule has 1 saturated heterocycles. The number of carbonyl (C=O) groups is 2. The Morgan fingerprint density at radius 2 is 2.23 bits per heavy atom. The smallest absolute Gasteiger partial charge is 0.325 e. The summed E-state index contributed by atoms with van der Waals surface area (Å²) in [4.78, 5) is 28.1. The van der Waals surface area contributed by atoms with E-state index in [4.69, 9.17) is 17.3 Å². The lowest BCUT2D eigenvalue weighted by Crippen LogP contribution is -2.44. The predicted molar refractivity (Wildman–Crippen MR) is 82.6 cm³/mol. The highest BCUT2D eigenvalue weighted by atomic mass is 35.5. The van der Waals surface area contributed by atoms with Crippen molar-refractivity contribution in [3.63, 3.8) is 0 Å². The highest BCUT2D eigenvalue weighted by Crippen LogP contribution is 2.34. The number of nitrogens with two attached hydrogens (primary N) is 1. The van der Waals surface area contributed by atoms with Gasteiger partial charge < -0.3 is 15.8 Å². The minimum Gasteiger partial charge on any atom is -0.480 e. The summed E-state index contributed by atoms with van der Waals surface area (Å²) < 4.78 is 0. The number of H-pyrrole nitrogens is 1. The Bertz CT molecular complexity index is 743. The van der Waals surface area contributed by atoms with Gasteiger partial charge in [0.2, 0.25) is 5.91 Å². The summed E-state index contributed by atoms with van der Waals surface area (Å²) in [5.74, 6) is -1.49. The van der Waals surface area contributed by atoms with Gasteiger partial charge in [-0.2, -0.15) is 0 Å². The maximum absolute atomic E-state index is 11.8. The molecule has 1 aliphatic rings. The molecule has 0 spiro atoms. The van der Waals surface area contributed by atoms with Gasteiger partial charge in [-0.3, -0.25) is 14.5 Å². The van der Waals surface area contributed by atoms with Crippen LogP contribution >= 0.6 is 11.6 Å². The van der Waals surface area contributed by atoms with Crippen LogP contribution in [0.25, 0.3) is 10.9 Å². The van der Waals surface area contributed by atoms with Crippen LogP contribution in [0.1, 0.15) is 24.4 Å². The lowest BCUT2D eigenvalue weighted by Gasteiger charge is -2.28. The molecule has 0 saturated carbocycles. The van der Waals surface area contributed by atoms with Gasteiger partial charge in [-0.05, 0) is 31.0 Å². The summed E-state index contributed by atoms with van der Waals surface area (Å²) in [6.45, 7) is 0.526. The van der Waals surface area contributed by atoms with Crippen LogP contribution < -0.4 is 5.73 Å². The zero-order valence-corrected chi connectivity index (χ0v) is 12.5. The molecule has 2 heterocycles. The van der Waals surface area contributed by atoms with E-state index >= 15 is 0 Å². The Labute approximate surface area is 131 Å². The molecule has 2 aromatic rings. The quantitative estimate of drug-likeness (QED) is 0.800. The maximum atomic E-state index is 11.8. The first-order chi connectivity index (χ1) is 10.5. The topological polar surface area (TPSA) is 99.4 Å². The van der Waals surface area contributed by atoms with Crippen LogP contribution in [0.15, 0.2) is 24.4 Å². The third kappa shape index (κ3) is 2.44. The maximum Gasteiger partial charge on any atom is 0.325 e. The van der Waals surface area contributed by atoms with Crippen LogP contribution in [0.3, 0.4) is 0 Å². The fraction of sp³-hybridized carbons (Fsp3) is 0.333. The SMILES string of the molecule is NC(=O)[C@@H]1CCCN1[C@@H](C(=O)O)c1c[nH]c2ccc(Cl)cc12. The van der Waals surface area contributed by atoms with E-state index in [1.54, 1.807) is 29.3 Å². The molecule has 0 radical (unpaired) electrons. The number of benzene rings is 1. The Hall–Kier alpha value is -2.05. The third-order valence-electron chi connectivity index (χ3n) is 4.16. The normalized spacial score (nSPS) is 20.3. The largest absolute Gasteiger partial charge is 0.480 e. The Morgan fingerprint density at radius 3 is 2.91 bits per heavy atom. The van der Waals surface area contributed by atoms with E-state index in [0.717, 1.165) is 17.3 Å². The number of aromatic amines is 1. The number of rotatable bonds is 4. The molecule has 1 aliphatic heterocycles. The number of aromatic nitrogens is 1. The Kier molecular flexibility index (Phi) is 3.80. The number of halogens is 1. The summed E-state index contributed by atoms with van der Waals surface area (Å²) in [5.41, 5.74) is 6.82. The van der Waals surface area contributed by atoms with Crippen LogP contribution in [0.4, 0.5) is 0 Å². The van der Waals surface area contributed by atoms with Gasteiger partial charge >= 0.3 is 5.97 Å². The second kappa shape index (κ2) is 5.62. The average Bonchev–Trinajstić information content (AvgIpc) is 3.07. The summed E-state index contributed by atoms with van der Waals surface area (Å²) in [5, 5.41) is 11.0. The molecule has 0 unspecified atom stereocenters. The first-order valence-electron chi connectivity index (χ1n) is 7.03. The van der Waals surface area contributed by atoms with E-state index in [2.05, 4.69) is 4.98 Å². The molecule has 22 heavy (non-hydrogen) atoms. The number of hydrogen-bond acceptors (Lipinski definition) is 3. The number of fused-ring (bicyclic) bond motifs is 1. The second-order valence-corrected chi connectivity index (χ2v) is 5.91. The summed E-state index contributed by atoms with van der Waals surface area (Å²) in [6, 6.07) is 3.79. The van der Waals surface area contributed by atoms with Crippen molar-refractivity contribution in [1.29, 1.82) is 0 Å². The number of carboxylic acid groups (broad SMARTS) is 1. The monoisotopic (exact) mass is 321 g/mol. The van der Waals surface area contributed by atoms with Gasteiger partial charge in [0, 0.05) is 34.2 Å². The number of carboxylic acids is 1. The first-order valence-corrected chi connectivity index (χ1v) is 7.41. The summed E-state index contributed by atoms with van der Waals surface area (Å²) >= 11 is 6.02. The fourth-order valence-corrected chi connectivity index (χ4v) is 3.37. The van der Waals surface area contributed by atoms with Crippen LogP contribution in [0.2, 0.25) is 5.02 Å². The van der Waals surface area contributed by atoms with Crippen molar-refractivity contribution in [3.8, 4) is 0 Å². The zero-order chi connectivity index (χ0) is 15.9. The summed E-state index contributed by atoms with van der Waals surface area (Å²) in [6.07, 6.45) is 3.00. The molecule has 3 rings (SSSR count). The van der Waals surface area contributed by atoms with E-state index < -0.39 is 24.0 Å². The number of nitrogens with zero attached hydrogens (tertiary/aromatic N) is 1. The number of carbonyl (C=O) groups excluding carboxylic acids is 1. The van der Waals surface area contributed by atoms with E-state index in [1.165, 1.54) is 0 Å². The molecule has 0 aliphatic carbocycles. The van der Waals surface area contributed by atoms with Crippen LogP contribution in [0, 0.1) is 0 Å². The zero-order valence-electron chi connectivity index (χ0n) is 11.8. The van der Waals surface area contributed by atoms with Crippen molar-refractivity contribution in [3.05, 3.63) is 35.0 Å². The van der Waals surface area contributed by atoms with Crippen molar-refractivity contribution in [2.75, 3.05) is 6.54 Å². The van der Waals surface area contributed by atoms with Gasteiger partial charge in [0.1, 0.15) is 6.04 Å². The minimum atomic E-state index is -1.01. The van der Waals surface area contributed by atoms with Gasteiger partial charge in [-0.1, -0.05) is 11.6 Å². The highest BCUT2D eigenvalue weighted by molar-refractivity contribution is 6.31. The molecule has 1 amide bonds. The van der Waals surface area contributed by atoms with E-state index in [9.17, 15) is 14.7 Å². The molecule has 0 bridgehead atoms. The van der Waals surface area contributed by atoms with Crippen molar-refractivity contribution in [1.82, 2.24) is 9.88 Å². The molecule has 1 fully saturated rings. The molecule has 4 N–H and O–H groups in total. The molecular weight excluding hydrogens is 306 g/mol. The number of likely N-dealkylation sites (tertiary alicyclic amines) is 1. The molecule has 7 heteroatoms. The van der Waals surface area contributed by atoms with Crippen LogP contribution in [-0.4, -0.2) is 39.5 Å². The molecule has 1 aromatic heterocycles. The molecule has 6 nitrogen and oxygen atoms in total. The third-order valence-corrected chi connectivity index (χ3v) is 4.39. The van der Waals surface area contributed by atoms with Crippen LogP contribution in [0.5, 0.6) is 0 Å². The van der Waals surface area contributed by atoms with Crippen molar-refractivity contribution < 1.29 is 14.7 Å². The van der Waals surface area contributed by atoms with Gasteiger partial charge in [-0.15, -0.1) is 0 Å². The highest BCUT2D eigenvalue weighted by Gasteiger charge is 2.39. The number of amides is 1. The first kappa shape index (κ1) is 14.9. The van der Waals surface area contributed by atoms with Gasteiger partial charge in [0.15, 0.2) is 0 Å². The van der Waals surface area contributed by atoms with E-state index in [0.29, 0.717) is 23.6 Å². The molecular formula is C15H16ClN3O3. The predicted octanol–water partition coefficient (Wildman–Crippen LogP) is 1.90. The lowest BCUT2D eigenvalue weighted by molar-refractivity contribution is -0.144. The van der Waals surface area contributed by atoms with Crippen molar-refractivity contribution >= 4 is 34.4 Å². The lowest BCUT2D eigenvalue weighted by atomic mass is 10.0. The fourth-order valence-electron chi connectivity index (χ4n) is 3.20. The molecule has 1 aromatic carbocycles. The Balaban J connectivity index is 2.09. The average molecular weight is 322 g/mol. The number of hydrogen-bond donors (Lipinski definition) is 3. The number of primary amides is 1. The minimum absolute atomic E-state index is 0.485. The summed E-state index contributed by atoms with van der Waals surface area (Å²) in [7, 11) is 0. The van der Waals surface area contributed by atoms with E-state index in [1.807, 2.05) is 0 Å². The standard InChI is InChI=1S/C15H16ClN3O3/c16-8-3-4-11-9(6-8)10(7-18-11)13(15(21)22)19-5-1-2-12(19)14(17)20/h3-4,6-7,12-13,18H,1-2,5H2,(H2,17,20)(H,21,22)/t12-,13+/m0/s1. The van der Waals surface area contributed by atoms with E-state index in [-0.39, 0.29) is 0 Å². The Morgan fingerprint density at radius 1 is 1.45 bits per heavy atom. The van der Waals surface area contributed by atoms with Crippen molar-refractivity contribution in [2.24, 2.45) is 5.73 Å².